The van der Waals surface area contributed by atoms with Crippen LogP contribution in [0.25, 0.3) is 21.9 Å². The van der Waals surface area contributed by atoms with Gasteiger partial charge in [0.25, 0.3) is 0 Å². The highest BCUT2D eigenvalue weighted by Crippen LogP contribution is 2.46. The quantitative estimate of drug-likeness (QED) is 0.646. The summed E-state index contributed by atoms with van der Waals surface area (Å²) in [5.41, 5.74) is 4.95. The van der Waals surface area contributed by atoms with Crippen LogP contribution >= 0.6 is 0 Å². The molecule has 22 heavy (non-hydrogen) atoms. The summed E-state index contributed by atoms with van der Waals surface area (Å²) in [7, 11) is 0. The van der Waals surface area contributed by atoms with Gasteiger partial charge in [-0.05, 0) is 62.1 Å². The Morgan fingerprint density at radius 2 is 1.95 bits per heavy atom. The minimum atomic E-state index is 0.674. The fourth-order valence-electron chi connectivity index (χ4n) is 4.86. The first-order valence-corrected chi connectivity index (χ1v) is 8.38. The summed E-state index contributed by atoms with van der Waals surface area (Å²) in [6, 6.07) is 13.7. The van der Waals surface area contributed by atoms with Crippen molar-refractivity contribution in [1.82, 2.24) is 4.90 Å². The topological polar surface area (TPSA) is 16.4 Å². The van der Waals surface area contributed by atoms with Crippen LogP contribution in [-0.2, 0) is 0 Å². The minimum absolute atomic E-state index is 0.674. The molecule has 2 heteroatoms. The van der Waals surface area contributed by atoms with Gasteiger partial charge in [-0.25, -0.2) is 0 Å². The Balaban J connectivity index is 1.74. The number of benzene rings is 2. The molecular formula is C20H21NO. The van der Waals surface area contributed by atoms with Crippen LogP contribution in [0.2, 0.25) is 0 Å². The summed E-state index contributed by atoms with van der Waals surface area (Å²) < 4.78 is 6.03. The lowest BCUT2D eigenvalue weighted by atomic mass is 9.79. The molecule has 2 bridgehead atoms. The van der Waals surface area contributed by atoms with Gasteiger partial charge in [0.2, 0.25) is 0 Å². The summed E-state index contributed by atoms with van der Waals surface area (Å²) in [4.78, 5) is 2.66. The number of nitrogens with zero attached hydrogens (tertiary/aromatic N) is 1. The Kier molecular flexibility index (Phi) is 2.52. The maximum Gasteiger partial charge on any atom is 0.135 e. The molecule has 0 radical (unpaired) electrons. The molecule has 2 aliphatic rings. The second-order valence-corrected chi connectivity index (χ2v) is 7.11. The third-order valence-electron chi connectivity index (χ3n) is 5.98. The molecule has 2 aliphatic heterocycles. The standard InChI is InChI=1S/C20H21NO/c1-12-9-19-17(15-5-3-4-6-18(15)22-19)10-16(12)20-13(2)21-8-7-14(20)11-21/h3-6,9-10,13-14,20H,7-8,11H2,1-2H3. The lowest BCUT2D eigenvalue weighted by Gasteiger charge is -2.30. The molecule has 2 saturated heterocycles. The molecule has 5 rings (SSSR count). The fourth-order valence-corrected chi connectivity index (χ4v) is 4.86. The third-order valence-corrected chi connectivity index (χ3v) is 5.98. The summed E-state index contributed by atoms with van der Waals surface area (Å²) >= 11 is 0. The van der Waals surface area contributed by atoms with Crippen LogP contribution in [0.15, 0.2) is 40.8 Å². The zero-order chi connectivity index (χ0) is 14.8. The lowest BCUT2D eigenvalue weighted by Crippen LogP contribution is -2.32. The zero-order valence-corrected chi connectivity index (χ0v) is 13.2. The van der Waals surface area contributed by atoms with Gasteiger partial charge in [-0.3, -0.25) is 4.90 Å². The normalized spacial score (nSPS) is 30.6. The molecule has 2 nitrogen and oxygen atoms in total. The molecule has 2 aromatic carbocycles. The number of para-hydroxylation sites is 1. The predicted molar refractivity (Wildman–Crippen MR) is 90.3 cm³/mol. The summed E-state index contributed by atoms with van der Waals surface area (Å²) in [5.74, 6) is 1.52. The van der Waals surface area contributed by atoms with Crippen molar-refractivity contribution in [3.05, 3.63) is 47.5 Å². The van der Waals surface area contributed by atoms with Gasteiger partial charge in [-0.2, -0.15) is 0 Å². The first kappa shape index (κ1) is 12.7. The smallest absolute Gasteiger partial charge is 0.135 e. The molecule has 0 spiro atoms. The van der Waals surface area contributed by atoms with Gasteiger partial charge in [0.15, 0.2) is 0 Å². The zero-order valence-electron chi connectivity index (χ0n) is 13.2. The van der Waals surface area contributed by atoms with E-state index in [0.717, 1.165) is 17.1 Å². The second-order valence-electron chi connectivity index (χ2n) is 7.11. The third kappa shape index (κ3) is 1.59. The van der Waals surface area contributed by atoms with Gasteiger partial charge in [0.05, 0.1) is 0 Å². The number of furan rings is 1. The maximum atomic E-state index is 6.03. The van der Waals surface area contributed by atoms with Gasteiger partial charge < -0.3 is 4.42 Å². The molecule has 3 aromatic rings. The summed E-state index contributed by atoms with van der Waals surface area (Å²) in [6.07, 6.45) is 1.36. The van der Waals surface area contributed by atoms with E-state index in [1.54, 1.807) is 5.56 Å². The number of aryl methyl sites for hydroxylation is 1. The Labute approximate surface area is 130 Å². The van der Waals surface area contributed by atoms with Crippen LogP contribution in [-0.4, -0.2) is 24.0 Å². The van der Waals surface area contributed by atoms with Crippen LogP contribution in [0.1, 0.15) is 30.4 Å². The van der Waals surface area contributed by atoms with E-state index in [1.807, 2.05) is 6.07 Å². The van der Waals surface area contributed by atoms with Crippen molar-refractivity contribution >= 4 is 21.9 Å². The van der Waals surface area contributed by atoms with Crippen molar-refractivity contribution in [3.8, 4) is 0 Å². The van der Waals surface area contributed by atoms with E-state index in [0.29, 0.717) is 12.0 Å². The van der Waals surface area contributed by atoms with E-state index in [9.17, 15) is 0 Å². The van der Waals surface area contributed by atoms with Gasteiger partial charge in [0, 0.05) is 29.3 Å². The number of hydrogen-bond acceptors (Lipinski definition) is 2. The molecule has 3 heterocycles. The number of fused-ring (bicyclic) bond motifs is 5. The molecular weight excluding hydrogens is 270 g/mol. The van der Waals surface area contributed by atoms with Crippen LogP contribution < -0.4 is 0 Å². The molecule has 0 aliphatic carbocycles. The first-order chi connectivity index (χ1) is 10.7. The number of piperidine rings is 1. The summed E-state index contributed by atoms with van der Waals surface area (Å²) in [6.45, 7) is 7.23. The van der Waals surface area contributed by atoms with E-state index in [1.165, 1.54) is 35.8 Å². The van der Waals surface area contributed by atoms with Crippen molar-refractivity contribution in [3.63, 3.8) is 0 Å². The van der Waals surface area contributed by atoms with Crippen molar-refractivity contribution < 1.29 is 4.42 Å². The Morgan fingerprint density at radius 1 is 1.09 bits per heavy atom. The molecule has 4 atom stereocenters. The van der Waals surface area contributed by atoms with Gasteiger partial charge >= 0.3 is 0 Å². The highest BCUT2D eigenvalue weighted by atomic mass is 16.3. The fraction of sp³-hybridized carbons (Fsp3) is 0.400. The average Bonchev–Trinajstić information content (AvgIpc) is 3.19. The molecule has 4 unspecified atom stereocenters. The molecule has 0 amide bonds. The monoisotopic (exact) mass is 291 g/mol. The maximum absolute atomic E-state index is 6.03. The minimum Gasteiger partial charge on any atom is -0.456 e. The van der Waals surface area contributed by atoms with E-state index in [4.69, 9.17) is 4.42 Å². The number of hydrogen-bond donors (Lipinski definition) is 0. The van der Waals surface area contributed by atoms with Gasteiger partial charge in [-0.1, -0.05) is 18.2 Å². The molecule has 2 fully saturated rings. The van der Waals surface area contributed by atoms with Crippen LogP contribution in [0.5, 0.6) is 0 Å². The second kappa shape index (κ2) is 4.36. The van der Waals surface area contributed by atoms with E-state index < -0.39 is 0 Å². The van der Waals surface area contributed by atoms with Crippen molar-refractivity contribution in [1.29, 1.82) is 0 Å². The lowest BCUT2D eigenvalue weighted by molar-refractivity contribution is 0.256. The van der Waals surface area contributed by atoms with E-state index in [-0.39, 0.29) is 0 Å². The van der Waals surface area contributed by atoms with Gasteiger partial charge in [-0.15, -0.1) is 0 Å². The SMILES string of the molecule is Cc1cc2oc3ccccc3c2cc1C1C2CCN(C2)C1C. The van der Waals surface area contributed by atoms with Gasteiger partial charge in [0.1, 0.15) is 11.2 Å². The molecule has 1 aromatic heterocycles. The average molecular weight is 291 g/mol. The Morgan fingerprint density at radius 3 is 2.77 bits per heavy atom. The molecule has 112 valence electrons. The Hall–Kier alpha value is -1.80. The van der Waals surface area contributed by atoms with Crippen molar-refractivity contribution in [2.45, 2.75) is 32.2 Å². The summed E-state index contributed by atoms with van der Waals surface area (Å²) in [5, 5.41) is 2.52. The Bertz CT molecular complexity index is 876. The highest BCUT2D eigenvalue weighted by Gasteiger charge is 2.44. The molecule has 0 N–H and O–H groups in total. The predicted octanol–water partition coefficient (Wildman–Crippen LogP) is 4.70. The highest BCUT2D eigenvalue weighted by molar-refractivity contribution is 6.05. The molecule has 0 saturated carbocycles. The van der Waals surface area contributed by atoms with Crippen molar-refractivity contribution in [2.24, 2.45) is 5.92 Å². The number of rotatable bonds is 1. The largest absolute Gasteiger partial charge is 0.456 e. The van der Waals surface area contributed by atoms with Crippen LogP contribution in [0, 0.1) is 12.8 Å². The van der Waals surface area contributed by atoms with E-state index >= 15 is 0 Å². The van der Waals surface area contributed by atoms with Crippen LogP contribution in [0.4, 0.5) is 0 Å². The van der Waals surface area contributed by atoms with Crippen LogP contribution in [0.3, 0.4) is 0 Å². The first-order valence-electron chi connectivity index (χ1n) is 8.38. The van der Waals surface area contributed by atoms with E-state index in [2.05, 4.69) is 49.1 Å². The van der Waals surface area contributed by atoms with Crippen molar-refractivity contribution in [2.75, 3.05) is 13.1 Å².